The number of carbonyl (C=O) groups excluding carboxylic acids is 1. The molecule has 0 spiro atoms. The van der Waals surface area contributed by atoms with Gasteiger partial charge in [-0.25, -0.2) is 17.1 Å². The molecule has 0 saturated carbocycles. The number of benzene rings is 1. The predicted octanol–water partition coefficient (Wildman–Crippen LogP) is 2.84. The van der Waals surface area contributed by atoms with Gasteiger partial charge < -0.3 is 5.32 Å². The van der Waals surface area contributed by atoms with E-state index >= 15 is 0 Å². The predicted molar refractivity (Wildman–Crippen MR) is 99.2 cm³/mol. The maximum Gasteiger partial charge on any atom is 0.220 e. The molecule has 0 unspecified atom stereocenters. The van der Waals surface area contributed by atoms with Crippen LogP contribution in [0.4, 0.5) is 4.39 Å². The van der Waals surface area contributed by atoms with Gasteiger partial charge in [0.2, 0.25) is 15.9 Å². The molecule has 1 aliphatic heterocycles. The average molecular weight is 435 g/mol. The van der Waals surface area contributed by atoms with Gasteiger partial charge in [0, 0.05) is 30.0 Å². The first-order valence-electron chi connectivity index (χ1n) is 8.53. The van der Waals surface area contributed by atoms with Gasteiger partial charge in [-0.05, 0) is 43.4 Å². The molecule has 0 atom stereocenters. The second-order valence-electron chi connectivity index (χ2n) is 6.29. The molecule has 1 amide bonds. The molecule has 0 bridgehead atoms. The maximum absolute atomic E-state index is 13.8. The minimum absolute atomic E-state index is 0.0182. The summed E-state index contributed by atoms with van der Waals surface area (Å²) in [5, 5.41) is 2.93. The van der Waals surface area contributed by atoms with E-state index in [1.807, 2.05) is 6.92 Å². The third-order valence-corrected chi connectivity index (χ3v) is 6.88. The Balaban J connectivity index is 1.77. The van der Waals surface area contributed by atoms with Crippen LogP contribution in [0.3, 0.4) is 0 Å². The van der Waals surface area contributed by atoms with Gasteiger partial charge in [0.05, 0.1) is 5.75 Å². The van der Waals surface area contributed by atoms with Gasteiger partial charge in [0.1, 0.15) is 5.82 Å². The van der Waals surface area contributed by atoms with Gasteiger partial charge in [0.15, 0.2) is 0 Å². The molecule has 1 aliphatic rings. The zero-order valence-corrected chi connectivity index (χ0v) is 16.7. The van der Waals surface area contributed by atoms with Crippen LogP contribution in [0.15, 0.2) is 22.7 Å². The van der Waals surface area contributed by atoms with Crippen LogP contribution in [-0.2, 0) is 21.2 Å². The van der Waals surface area contributed by atoms with Crippen molar-refractivity contribution in [3.05, 3.63) is 34.1 Å². The minimum atomic E-state index is -3.16. The van der Waals surface area contributed by atoms with E-state index < -0.39 is 10.0 Å². The maximum atomic E-state index is 13.8. The third-order valence-electron chi connectivity index (χ3n) is 4.31. The van der Waals surface area contributed by atoms with Gasteiger partial charge in [-0.2, -0.15) is 0 Å². The number of halogens is 2. The second-order valence-corrected chi connectivity index (χ2v) is 9.30. The molecule has 1 fully saturated rings. The van der Waals surface area contributed by atoms with E-state index in [-0.39, 0.29) is 29.9 Å². The fourth-order valence-electron chi connectivity index (χ4n) is 2.94. The Labute approximate surface area is 157 Å². The van der Waals surface area contributed by atoms with Crippen molar-refractivity contribution >= 4 is 31.9 Å². The first-order chi connectivity index (χ1) is 11.8. The summed E-state index contributed by atoms with van der Waals surface area (Å²) in [6.45, 7) is 2.72. The monoisotopic (exact) mass is 434 g/mol. The highest BCUT2D eigenvalue weighted by Gasteiger charge is 2.27. The first kappa shape index (κ1) is 20.3. The van der Waals surface area contributed by atoms with Crippen LogP contribution in [0.5, 0.6) is 0 Å². The quantitative estimate of drug-likeness (QED) is 0.717. The summed E-state index contributed by atoms with van der Waals surface area (Å²) in [5.41, 5.74) is 0.513. The fourth-order valence-corrected chi connectivity index (χ4v) is 4.81. The number of aryl methyl sites for hydroxylation is 1. The highest BCUT2D eigenvalue weighted by Crippen LogP contribution is 2.18. The molecule has 25 heavy (non-hydrogen) atoms. The van der Waals surface area contributed by atoms with Gasteiger partial charge in [0.25, 0.3) is 0 Å². The minimum Gasteiger partial charge on any atom is -0.353 e. The number of amides is 1. The molecule has 1 aromatic carbocycles. The third kappa shape index (κ3) is 6.04. The van der Waals surface area contributed by atoms with E-state index in [1.54, 1.807) is 12.1 Å². The highest BCUT2D eigenvalue weighted by atomic mass is 79.9. The van der Waals surface area contributed by atoms with Crippen LogP contribution in [0.2, 0.25) is 0 Å². The van der Waals surface area contributed by atoms with Crippen molar-refractivity contribution in [3.8, 4) is 0 Å². The summed E-state index contributed by atoms with van der Waals surface area (Å²) >= 11 is 3.20. The Kier molecular flexibility index (Phi) is 7.39. The largest absolute Gasteiger partial charge is 0.353 e. The zero-order valence-electron chi connectivity index (χ0n) is 14.3. The highest BCUT2D eigenvalue weighted by molar-refractivity contribution is 9.10. The fraction of sp³-hybridized carbons (Fsp3) is 0.588. The Bertz CT molecular complexity index is 704. The number of rotatable bonds is 7. The summed E-state index contributed by atoms with van der Waals surface area (Å²) < 4.78 is 40.0. The number of sulfonamides is 1. The van der Waals surface area contributed by atoms with E-state index in [4.69, 9.17) is 0 Å². The second kappa shape index (κ2) is 9.09. The van der Waals surface area contributed by atoms with E-state index in [1.165, 1.54) is 10.4 Å². The lowest BCUT2D eigenvalue weighted by molar-refractivity contribution is -0.122. The molecule has 1 saturated heterocycles. The molecule has 0 aromatic heterocycles. The van der Waals surface area contributed by atoms with Crippen LogP contribution < -0.4 is 5.32 Å². The van der Waals surface area contributed by atoms with Crippen molar-refractivity contribution in [1.82, 2.24) is 9.62 Å². The van der Waals surface area contributed by atoms with Crippen molar-refractivity contribution in [1.29, 1.82) is 0 Å². The first-order valence-corrected chi connectivity index (χ1v) is 10.9. The Morgan fingerprint density at radius 2 is 2.04 bits per heavy atom. The molecular formula is C17H24BrFN2O3S. The number of hydrogen-bond acceptors (Lipinski definition) is 3. The molecule has 1 heterocycles. The van der Waals surface area contributed by atoms with Crippen LogP contribution in [-0.4, -0.2) is 43.5 Å². The molecule has 0 aliphatic carbocycles. The number of hydrogen-bond donors (Lipinski definition) is 1. The zero-order chi connectivity index (χ0) is 18.4. The number of piperidine rings is 1. The lowest BCUT2D eigenvalue weighted by Crippen LogP contribution is -2.47. The van der Waals surface area contributed by atoms with Crippen molar-refractivity contribution in [3.63, 3.8) is 0 Å². The number of nitrogens with one attached hydrogen (secondary N) is 1. The molecule has 140 valence electrons. The van der Waals surface area contributed by atoms with Crippen molar-refractivity contribution in [2.24, 2.45) is 0 Å². The summed E-state index contributed by atoms with van der Waals surface area (Å²) in [5.74, 6) is -0.281. The summed E-state index contributed by atoms with van der Waals surface area (Å²) in [6.07, 6.45) is 2.38. The smallest absolute Gasteiger partial charge is 0.220 e. The summed E-state index contributed by atoms with van der Waals surface area (Å²) in [6, 6.07) is 4.79. The molecule has 1 aromatic rings. The lowest BCUT2D eigenvalue weighted by atomic mass is 10.1. The van der Waals surface area contributed by atoms with Crippen LogP contribution >= 0.6 is 15.9 Å². The van der Waals surface area contributed by atoms with E-state index in [2.05, 4.69) is 21.2 Å². The Morgan fingerprint density at radius 3 is 2.64 bits per heavy atom. The SMILES string of the molecule is CCCS(=O)(=O)N1CCC(NC(=O)CCc2ccc(Br)cc2F)CC1. The topological polar surface area (TPSA) is 66.5 Å². The van der Waals surface area contributed by atoms with Crippen molar-refractivity contribution < 1.29 is 17.6 Å². The van der Waals surface area contributed by atoms with E-state index in [9.17, 15) is 17.6 Å². The number of carbonyl (C=O) groups is 1. The van der Waals surface area contributed by atoms with Gasteiger partial charge in [-0.1, -0.05) is 28.9 Å². The standard InChI is InChI=1S/C17H24BrFN2O3S/c1-2-11-25(23,24)21-9-7-15(8-10-21)20-17(22)6-4-13-3-5-14(18)12-16(13)19/h3,5,12,15H,2,4,6-11H2,1H3,(H,20,22). The molecule has 5 nitrogen and oxygen atoms in total. The molecular weight excluding hydrogens is 411 g/mol. The van der Waals surface area contributed by atoms with Crippen LogP contribution in [0, 0.1) is 5.82 Å². The van der Waals surface area contributed by atoms with E-state index in [0.29, 0.717) is 48.8 Å². The summed E-state index contributed by atoms with van der Waals surface area (Å²) in [4.78, 5) is 12.1. The Hall–Kier alpha value is -0.990. The van der Waals surface area contributed by atoms with Gasteiger partial charge in [-0.15, -0.1) is 0 Å². The molecule has 2 rings (SSSR count). The van der Waals surface area contributed by atoms with Crippen LogP contribution in [0.25, 0.3) is 0 Å². The van der Waals surface area contributed by atoms with Crippen molar-refractivity contribution in [2.45, 2.75) is 45.1 Å². The molecule has 0 radical (unpaired) electrons. The summed E-state index contributed by atoms with van der Waals surface area (Å²) in [7, 11) is -3.16. The lowest BCUT2D eigenvalue weighted by Gasteiger charge is -2.31. The van der Waals surface area contributed by atoms with Crippen LogP contribution in [0.1, 0.15) is 38.2 Å². The van der Waals surface area contributed by atoms with Gasteiger partial charge in [-0.3, -0.25) is 4.79 Å². The molecule has 8 heteroatoms. The normalized spacial score (nSPS) is 16.8. The molecule has 1 N–H and O–H groups in total. The van der Waals surface area contributed by atoms with E-state index in [0.717, 1.165) is 0 Å². The number of nitrogens with zero attached hydrogens (tertiary/aromatic N) is 1. The Morgan fingerprint density at radius 1 is 1.36 bits per heavy atom. The van der Waals surface area contributed by atoms with Gasteiger partial charge >= 0.3 is 0 Å². The average Bonchev–Trinajstić information content (AvgIpc) is 2.54. The van der Waals surface area contributed by atoms with Crippen molar-refractivity contribution in [2.75, 3.05) is 18.8 Å².